The van der Waals surface area contributed by atoms with Crippen LogP contribution in [0.1, 0.15) is 57.5 Å². The molecular formula is C17H26O4. The summed E-state index contributed by atoms with van der Waals surface area (Å²) in [6.07, 6.45) is 0. The van der Waals surface area contributed by atoms with E-state index >= 15 is 0 Å². The first-order chi connectivity index (χ1) is 9.73. The third-order valence-corrected chi connectivity index (χ3v) is 2.58. The lowest BCUT2D eigenvalue weighted by Gasteiger charge is -2.21. The highest BCUT2D eigenvalue weighted by molar-refractivity contribution is 5.91. The minimum atomic E-state index is -0.233. The molecule has 0 unspecified atom stereocenters. The molecule has 0 aromatic heterocycles. The fourth-order valence-electron chi connectivity index (χ4n) is 1.73. The van der Waals surface area contributed by atoms with Gasteiger partial charge in [-0.3, -0.25) is 4.79 Å². The van der Waals surface area contributed by atoms with Crippen molar-refractivity contribution < 1.29 is 19.1 Å². The topological polar surface area (TPSA) is 52.6 Å². The van der Waals surface area contributed by atoms with Gasteiger partial charge in [-0.05, 0) is 30.9 Å². The molecule has 4 heteroatoms. The molecule has 0 N–H and O–H groups in total. The Balaban J connectivity index is 0.000000567. The van der Waals surface area contributed by atoms with Crippen LogP contribution in [-0.4, -0.2) is 25.2 Å². The van der Waals surface area contributed by atoms with Gasteiger partial charge in [0.25, 0.3) is 0 Å². The van der Waals surface area contributed by atoms with Gasteiger partial charge in [0.05, 0.1) is 18.8 Å². The molecule has 1 aromatic rings. The van der Waals surface area contributed by atoms with Crippen molar-refractivity contribution in [2.75, 3.05) is 13.2 Å². The summed E-state index contributed by atoms with van der Waals surface area (Å²) in [5.41, 5.74) is 1.67. The number of carbonyl (C=O) groups excluding carboxylic acids is 2. The molecule has 0 radical (unpaired) electrons. The molecule has 4 nitrogen and oxygen atoms in total. The highest BCUT2D eigenvalue weighted by Crippen LogP contribution is 2.26. The minimum absolute atomic E-state index is 0.0383. The van der Waals surface area contributed by atoms with Gasteiger partial charge in [-0.2, -0.15) is 0 Å². The zero-order valence-corrected chi connectivity index (χ0v) is 13.9. The van der Waals surface area contributed by atoms with Crippen LogP contribution in [0.25, 0.3) is 0 Å². The van der Waals surface area contributed by atoms with Crippen LogP contribution in [0.2, 0.25) is 0 Å². The van der Waals surface area contributed by atoms with Gasteiger partial charge in [0.2, 0.25) is 0 Å². The predicted molar refractivity (Wildman–Crippen MR) is 83.4 cm³/mol. The number of hydrogen-bond acceptors (Lipinski definition) is 4. The van der Waals surface area contributed by atoms with Crippen molar-refractivity contribution in [1.82, 2.24) is 0 Å². The van der Waals surface area contributed by atoms with Gasteiger partial charge in [-0.15, -0.1) is 0 Å². The van der Waals surface area contributed by atoms with E-state index in [1.54, 1.807) is 6.92 Å². The summed E-state index contributed by atoms with van der Waals surface area (Å²) in [6.45, 7) is 12.1. The second kappa shape index (κ2) is 9.16. The number of carbonyl (C=O) groups is 2. The lowest BCUT2D eigenvalue weighted by atomic mass is 9.84. The van der Waals surface area contributed by atoms with Gasteiger partial charge in [-0.1, -0.05) is 39.0 Å². The molecule has 118 valence electrons. The Morgan fingerprint density at radius 2 is 1.52 bits per heavy atom. The number of hydrogen-bond donors (Lipinski definition) is 0. The van der Waals surface area contributed by atoms with Gasteiger partial charge >= 0.3 is 11.9 Å². The molecule has 1 rings (SSSR count). The van der Waals surface area contributed by atoms with Crippen molar-refractivity contribution in [2.24, 2.45) is 0 Å². The Morgan fingerprint density at radius 3 is 1.90 bits per heavy atom. The van der Waals surface area contributed by atoms with E-state index in [-0.39, 0.29) is 17.4 Å². The van der Waals surface area contributed by atoms with Gasteiger partial charge in [0.15, 0.2) is 0 Å². The second-order valence-corrected chi connectivity index (χ2v) is 5.44. The van der Waals surface area contributed by atoms with Crippen molar-refractivity contribution >= 4 is 11.9 Å². The molecule has 1 aromatic carbocycles. The third-order valence-electron chi connectivity index (χ3n) is 2.58. The lowest BCUT2D eigenvalue weighted by molar-refractivity contribution is -0.140. The largest absolute Gasteiger partial charge is 0.466 e. The number of benzene rings is 1. The predicted octanol–water partition coefficient (Wildman–Crippen LogP) is 3.73. The van der Waals surface area contributed by atoms with Crippen LogP contribution in [-0.2, 0) is 19.7 Å². The third kappa shape index (κ3) is 7.49. The van der Waals surface area contributed by atoms with E-state index < -0.39 is 0 Å². The standard InChI is InChI=1S/C13H18O2.C4H8O2/c1-5-15-12(14)10-8-6-7-9-11(10)13(2,3)4;1-3-6-4(2)5/h6-9H,5H2,1-4H3;3H2,1-2H3. The molecule has 0 bridgehead atoms. The normalized spacial score (nSPS) is 10.2. The first-order valence-electron chi connectivity index (χ1n) is 7.14. The SMILES string of the molecule is CCOC(=O)c1ccccc1C(C)(C)C.CCOC(C)=O. The maximum Gasteiger partial charge on any atom is 0.338 e. The lowest BCUT2D eigenvalue weighted by Crippen LogP contribution is -2.18. The van der Waals surface area contributed by atoms with Crippen LogP contribution in [0.3, 0.4) is 0 Å². The van der Waals surface area contributed by atoms with Crippen LogP contribution in [0.15, 0.2) is 24.3 Å². The first kappa shape index (κ1) is 19.2. The smallest absolute Gasteiger partial charge is 0.338 e. The maximum absolute atomic E-state index is 11.7. The second-order valence-electron chi connectivity index (χ2n) is 5.44. The van der Waals surface area contributed by atoms with E-state index in [2.05, 4.69) is 25.5 Å². The average molecular weight is 294 g/mol. The molecule has 0 aliphatic heterocycles. The Labute approximate surface area is 127 Å². The van der Waals surface area contributed by atoms with E-state index in [4.69, 9.17) is 4.74 Å². The highest BCUT2D eigenvalue weighted by atomic mass is 16.5. The first-order valence-corrected chi connectivity index (χ1v) is 7.14. The van der Waals surface area contributed by atoms with Gasteiger partial charge in [-0.25, -0.2) is 4.79 Å². The summed E-state index contributed by atoms with van der Waals surface area (Å²) in [6, 6.07) is 7.61. The molecule has 0 saturated carbocycles. The van der Waals surface area contributed by atoms with Gasteiger partial charge in [0.1, 0.15) is 0 Å². The van der Waals surface area contributed by atoms with Crippen molar-refractivity contribution in [1.29, 1.82) is 0 Å². The molecule has 0 amide bonds. The van der Waals surface area contributed by atoms with Gasteiger partial charge < -0.3 is 9.47 Å². The van der Waals surface area contributed by atoms with E-state index in [9.17, 15) is 9.59 Å². The number of rotatable bonds is 3. The van der Waals surface area contributed by atoms with E-state index in [0.29, 0.717) is 18.8 Å². The van der Waals surface area contributed by atoms with Crippen LogP contribution in [0, 0.1) is 0 Å². The van der Waals surface area contributed by atoms with Crippen molar-refractivity contribution in [3.8, 4) is 0 Å². The minimum Gasteiger partial charge on any atom is -0.466 e. The summed E-state index contributed by atoms with van der Waals surface area (Å²) >= 11 is 0. The Morgan fingerprint density at radius 1 is 1.00 bits per heavy atom. The zero-order chi connectivity index (χ0) is 16.5. The molecule has 21 heavy (non-hydrogen) atoms. The summed E-state index contributed by atoms with van der Waals surface area (Å²) in [5.74, 6) is -0.444. The summed E-state index contributed by atoms with van der Waals surface area (Å²) in [4.78, 5) is 21.5. The molecule has 0 aliphatic carbocycles. The van der Waals surface area contributed by atoms with Crippen molar-refractivity contribution in [3.63, 3.8) is 0 Å². The van der Waals surface area contributed by atoms with E-state index in [1.165, 1.54) is 6.92 Å². The van der Waals surface area contributed by atoms with Crippen molar-refractivity contribution in [2.45, 2.75) is 47.0 Å². The van der Waals surface area contributed by atoms with Crippen LogP contribution < -0.4 is 0 Å². The Hall–Kier alpha value is -1.84. The molecule has 0 saturated heterocycles. The molecule has 0 aliphatic rings. The summed E-state index contributed by atoms with van der Waals surface area (Å²) < 4.78 is 9.43. The molecule has 0 spiro atoms. The zero-order valence-electron chi connectivity index (χ0n) is 13.9. The molecular weight excluding hydrogens is 268 g/mol. The van der Waals surface area contributed by atoms with Crippen LogP contribution in [0.5, 0.6) is 0 Å². The molecule has 0 fully saturated rings. The summed E-state index contributed by atoms with van der Waals surface area (Å²) in [5, 5.41) is 0. The summed E-state index contributed by atoms with van der Waals surface area (Å²) in [7, 11) is 0. The quantitative estimate of drug-likeness (QED) is 0.797. The van der Waals surface area contributed by atoms with Crippen LogP contribution >= 0.6 is 0 Å². The van der Waals surface area contributed by atoms with E-state index in [0.717, 1.165) is 5.56 Å². The number of esters is 2. The fourth-order valence-corrected chi connectivity index (χ4v) is 1.73. The monoisotopic (exact) mass is 294 g/mol. The van der Waals surface area contributed by atoms with Crippen LogP contribution in [0.4, 0.5) is 0 Å². The number of ether oxygens (including phenoxy) is 2. The molecule has 0 atom stereocenters. The highest BCUT2D eigenvalue weighted by Gasteiger charge is 2.21. The fraction of sp³-hybridized carbons (Fsp3) is 0.529. The molecule has 0 heterocycles. The average Bonchev–Trinajstić information content (AvgIpc) is 2.38. The Kier molecular flexibility index (Phi) is 8.36. The van der Waals surface area contributed by atoms with Crippen molar-refractivity contribution in [3.05, 3.63) is 35.4 Å². The van der Waals surface area contributed by atoms with Gasteiger partial charge in [0, 0.05) is 6.92 Å². The van der Waals surface area contributed by atoms with E-state index in [1.807, 2.05) is 31.2 Å². The maximum atomic E-state index is 11.7. The Bertz CT molecular complexity index is 458.